The maximum Gasteiger partial charge on any atom is 0.251 e. The van der Waals surface area contributed by atoms with E-state index in [1.807, 2.05) is 20.8 Å². The second kappa shape index (κ2) is 4.74. The van der Waals surface area contributed by atoms with Gasteiger partial charge in [0.25, 0.3) is 5.91 Å². The summed E-state index contributed by atoms with van der Waals surface area (Å²) in [5.41, 5.74) is -0.0743. The zero-order valence-electron chi connectivity index (χ0n) is 9.62. The van der Waals surface area contributed by atoms with Crippen molar-refractivity contribution in [3.05, 3.63) is 29.8 Å². The van der Waals surface area contributed by atoms with Crippen LogP contribution in [0, 0.1) is 0 Å². The van der Waals surface area contributed by atoms with Crippen molar-refractivity contribution in [2.45, 2.75) is 31.7 Å². The molecule has 2 N–H and O–H groups in total. The number of phenols is 1. The van der Waals surface area contributed by atoms with E-state index in [0.717, 1.165) is 0 Å². The zero-order valence-corrected chi connectivity index (χ0v) is 10.4. The first-order chi connectivity index (χ1) is 7.33. The number of carbonyl (C=O) groups excluding carboxylic acids is 1. The molecule has 3 nitrogen and oxygen atoms in total. The number of halogens is 1. The molecule has 0 aliphatic carbocycles. The number of nitrogens with one attached hydrogen (secondary N) is 1. The fourth-order valence-corrected chi connectivity index (χ4v) is 1.17. The van der Waals surface area contributed by atoms with E-state index < -0.39 is 5.54 Å². The Morgan fingerprint density at radius 3 is 2.62 bits per heavy atom. The highest BCUT2D eigenvalue weighted by Crippen LogP contribution is 2.17. The Morgan fingerprint density at radius 1 is 1.50 bits per heavy atom. The van der Waals surface area contributed by atoms with E-state index in [1.54, 1.807) is 12.1 Å². The summed E-state index contributed by atoms with van der Waals surface area (Å²) in [6.45, 7) is 5.53. The molecule has 0 aliphatic rings. The molecule has 0 radical (unpaired) electrons. The van der Waals surface area contributed by atoms with E-state index in [1.165, 1.54) is 12.1 Å². The Balaban J connectivity index is 2.81. The summed E-state index contributed by atoms with van der Waals surface area (Å²) < 4.78 is 0. The van der Waals surface area contributed by atoms with Crippen molar-refractivity contribution in [2.75, 3.05) is 0 Å². The molecule has 88 valence electrons. The standard InChI is InChI=1S/C12H16ClNO2/c1-8(13)12(2,3)14-11(16)9-5-4-6-10(15)7-9/h4-8,15H,1-3H3,(H,14,16). The highest BCUT2D eigenvalue weighted by atomic mass is 35.5. The SMILES string of the molecule is CC(Cl)C(C)(C)NC(=O)c1cccc(O)c1. The minimum Gasteiger partial charge on any atom is -0.508 e. The molecule has 16 heavy (non-hydrogen) atoms. The third-order valence-corrected chi connectivity index (χ3v) is 3.08. The molecule has 0 aromatic heterocycles. The lowest BCUT2D eigenvalue weighted by Crippen LogP contribution is -2.49. The van der Waals surface area contributed by atoms with Crippen molar-refractivity contribution in [1.29, 1.82) is 0 Å². The lowest BCUT2D eigenvalue weighted by molar-refractivity contribution is 0.0912. The van der Waals surface area contributed by atoms with Gasteiger partial charge in [-0.2, -0.15) is 0 Å². The molecular weight excluding hydrogens is 226 g/mol. The van der Waals surface area contributed by atoms with Crippen LogP contribution in [0.2, 0.25) is 0 Å². The number of alkyl halides is 1. The maximum atomic E-state index is 11.8. The molecule has 0 fully saturated rings. The van der Waals surface area contributed by atoms with Crippen molar-refractivity contribution in [2.24, 2.45) is 0 Å². The minimum absolute atomic E-state index is 0.0735. The molecule has 1 unspecified atom stereocenters. The Kier molecular flexibility index (Phi) is 3.81. The van der Waals surface area contributed by atoms with Crippen LogP contribution in [0.3, 0.4) is 0 Å². The second-order valence-corrected chi connectivity index (χ2v) is 5.00. The summed E-state index contributed by atoms with van der Waals surface area (Å²) >= 11 is 5.97. The van der Waals surface area contributed by atoms with Gasteiger partial charge in [0.2, 0.25) is 0 Å². The van der Waals surface area contributed by atoms with Gasteiger partial charge in [0, 0.05) is 5.56 Å². The summed E-state index contributed by atoms with van der Waals surface area (Å²) in [7, 11) is 0. The number of phenolic OH excluding ortho intramolecular Hbond substituents is 1. The molecule has 0 saturated heterocycles. The number of rotatable bonds is 3. The van der Waals surface area contributed by atoms with Crippen molar-refractivity contribution < 1.29 is 9.90 Å². The fraction of sp³-hybridized carbons (Fsp3) is 0.417. The van der Waals surface area contributed by atoms with Crippen LogP contribution in [0.5, 0.6) is 5.75 Å². The van der Waals surface area contributed by atoms with Gasteiger partial charge in [-0.3, -0.25) is 4.79 Å². The van der Waals surface area contributed by atoms with Gasteiger partial charge in [0.1, 0.15) is 5.75 Å². The summed E-state index contributed by atoms with van der Waals surface area (Å²) in [5.74, 6) is -0.169. The van der Waals surface area contributed by atoms with Crippen LogP contribution in [0.15, 0.2) is 24.3 Å². The molecule has 0 heterocycles. The first kappa shape index (κ1) is 12.8. The quantitative estimate of drug-likeness (QED) is 0.799. The molecule has 1 aromatic rings. The van der Waals surface area contributed by atoms with Crippen LogP contribution in [-0.4, -0.2) is 21.9 Å². The summed E-state index contributed by atoms with van der Waals surface area (Å²) in [4.78, 5) is 11.8. The van der Waals surface area contributed by atoms with Crippen molar-refractivity contribution >= 4 is 17.5 Å². The maximum absolute atomic E-state index is 11.8. The Hall–Kier alpha value is -1.22. The van der Waals surface area contributed by atoms with Crippen LogP contribution in [0.25, 0.3) is 0 Å². The predicted molar refractivity (Wildman–Crippen MR) is 65.0 cm³/mol. The van der Waals surface area contributed by atoms with E-state index >= 15 is 0 Å². The van der Waals surface area contributed by atoms with Crippen molar-refractivity contribution in [3.8, 4) is 5.75 Å². The van der Waals surface area contributed by atoms with Crippen LogP contribution < -0.4 is 5.32 Å². The number of hydrogen-bond donors (Lipinski definition) is 2. The molecule has 4 heteroatoms. The fourth-order valence-electron chi connectivity index (χ4n) is 1.11. The van der Waals surface area contributed by atoms with E-state index in [2.05, 4.69) is 5.32 Å². The van der Waals surface area contributed by atoms with Gasteiger partial charge < -0.3 is 10.4 Å². The monoisotopic (exact) mass is 241 g/mol. The van der Waals surface area contributed by atoms with Gasteiger partial charge in [0.05, 0.1) is 10.9 Å². The van der Waals surface area contributed by atoms with Crippen LogP contribution >= 0.6 is 11.6 Å². The van der Waals surface area contributed by atoms with E-state index in [0.29, 0.717) is 5.56 Å². The number of aromatic hydroxyl groups is 1. The van der Waals surface area contributed by atoms with Gasteiger partial charge in [-0.05, 0) is 39.0 Å². The smallest absolute Gasteiger partial charge is 0.251 e. The third kappa shape index (κ3) is 3.14. The van der Waals surface area contributed by atoms with Gasteiger partial charge in [-0.1, -0.05) is 6.07 Å². The molecule has 0 bridgehead atoms. The Bertz CT molecular complexity index is 388. The first-order valence-electron chi connectivity index (χ1n) is 5.08. The summed E-state index contributed by atoms with van der Waals surface area (Å²) in [6.07, 6.45) is 0. The molecule has 1 atom stereocenters. The Labute approximate surface area is 100 Å². The summed E-state index contributed by atoms with van der Waals surface area (Å²) in [5, 5.41) is 11.9. The normalized spacial score (nSPS) is 13.2. The predicted octanol–water partition coefficient (Wildman–Crippen LogP) is 2.53. The topological polar surface area (TPSA) is 49.3 Å². The second-order valence-electron chi connectivity index (χ2n) is 4.34. The Morgan fingerprint density at radius 2 is 2.12 bits per heavy atom. The highest BCUT2D eigenvalue weighted by Gasteiger charge is 2.26. The average molecular weight is 242 g/mol. The van der Waals surface area contributed by atoms with E-state index in [-0.39, 0.29) is 17.0 Å². The molecule has 0 aliphatic heterocycles. The molecule has 0 saturated carbocycles. The van der Waals surface area contributed by atoms with Crippen molar-refractivity contribution in [1.82, 2.24) is 5.32 Å². The average Bonchev–Trinajstić information content (AvgIpc) is 2.16. The van der Waals surface area contributed by atoms with Gasteiger partial charge in [-0.15, -0.1) is 11.6 Å². The molecule has 1 rings (SSSR count). The molecular formula is C12H16ClNO2. The van der Waals surface area contributed by atoms with Crippen LogP contribution in [0.4, 0.5) is 0 Å². The minimum atomic E-state index is -0.496. The van der Waals surface area contributed by atoms with Gasteiger partial charge in [0.15, 0.2) is 0 Å². The molecule has 1 amide bonds. The third-order valence-electron chi connectivity index (χ3n) is 2.54. The van der Waals surface area contributed by atoms with Crippen LogP contribution in [-0.2, 0) is 0 Å². The first-order valence-corrected chi connectivity index (χ1v) is 5.52. The zero-order chi connectivity index (χ0) is 12.3. The summed E-state index contributed by atoms with van der Waals surface area (Å²) in [6, 6.07) is 6.21. The largest absolute Gasteiger partial charge is 0.508 e. The molecule has 1 aromatic carbocycles. The number of carbonyl (C=O) groups is 1. The van der Waals surface area contributed by atoms with Gasteiger partial charge in [-0.25, -0.2) is 0 Å². The number of hydrogen-bond acceptors (Lipinski definition) is 2. The number of benzene rings is 1. The highest BCUT2D eigenvalue weighted by molar-refractivity contribution is 6.21. The molecule has 0 spiro atoms. The van der Waals surface area contributed by atoms with Gasteiger partial charge >= 0.3 is 0 Å². The number of amides is 1. The van der Waals surface area contributed by atoms with Crippen molar-refractivity contribution in [3.63, 3.8) is 0 Å². The van der Waals surface area contributed by atoms with Crippen LogP contribution in [0.1, 0.15) is 31.1 Å². The van der Waals surface area contributed by atoms with E-state index in [9.17, 15) is 9.90 Å². The lowest BCUT2D eigenvalue weighted by atomic mass is 10.0. The lowest BCUT2D eigenvalue weighted by Gasteiger charge is -2.28. The van der Waals surface area contributed by atoms with E-state index in [4.69, 9.17) is 11.6 Å².